The molecular weight excluding hydrogens is 435 g/mol. The number of benzene rings is 1. The number of nitrogens with one attached hydrogen (secondary N) is 1. The Hall–Kier alpha value is -3.33. The van der Waals surface area contributed by atoms with E-state index in [0.29, 0.717) is 40.1 Å². The molecule has 178 valence electrons. The number of hydrogen-bond donors (Lipinski definition) is 1. The molecule has 1 aliphatic heterocycles. The monoisotopic (exact) mass is 464 g/mol. The van der Waals surface area contributed by atoms with Crippen LogP contribution in [0.3, 0.4) is 0 Å². The van der Waals surface area contributed by atoms with Crippen LogP contribution >= 0.6 is 0 Å². The van der Waals surface area contributed by atoms with Crippen LogP contribution < -0.4 is 19.7 Å². The third-order valence-electron chi connectivity index (χ3n) is 6.82. The molecule has 0 amide bonds. The summed E-state index contributed by atoms with van der Waals surface area (Å²) >= 11 is 0. The van der Waals surface area contributed by atoms with Crippen molar-refractivity contribution in [3.8, 4) is 34.0 Å². The van der Waals surface area contributed by atoms with Crippen molar-refractivity contribution < 1.29 is 13.9 Å². The number of nitrogens with zero attached hydrogens (tertiary/aromatic N) is 5. The molecule has 34 heavy (non-hydrogen) atoms. The molecule has 1 N–H and O–H groups in total. The number of rotatable bonds is 7. The minimum absolute atomic E-state index is 0.0954. The van der Waals surface area contributed by atoms with Gasteiger partial charge in [-0.05, 0) is 50.5 Å². The molecule has 1 unspecified atom stereocenters. The van der Waals surface area contributed by atoms with Gasteiger partial charge in [0.25, 0.3) is 0 Å². The highest BCUT2D eigenvalue weighted by Crippen LogP contribution is 2.36. The van der Waals surface area contributed by atoms with E-state index in [1.54, 1.807) is 19.2 Å². The molecule has 2 fully saturated rings. The van der Waals surface area contributed by atoms with Crippen molar-refractivity contribution in [2.45, 2.75) is 44.2 Å². The summed E-state index contributed by atoms with van der Waals surface area (Å²) in [4.78, 5) is 2.26. The molecule has 3 aromatic rings. The highest BCUT2D eigenvalue weighted by molar-refractivity contribution is 5.75. The molecule has 1 atom stereocenters. The Morgan fingerprint density at radius 2 is 1.91 bits per heavy atom. The van der Waals surface area contributed by atoms with Crippen LogP contribution in [0.1, 0.15) is 32.6 Å². The zero-order valence-corrected chi connectivity index (χ0v) is 19.7. The second kappa shape index (κ2) is 9.13. The molecule has 1 aliphatic carbocycles. The number of ether oxygens (including phenoxy) is 2. The predicted molar refractivity (Wildman–Crippen MR) is 128 cm³/mol. The minimum atomic E-state index is -0.422. The van der Waals surface area contributed by atoms with Crippen LogP contribution in [0.4, 0.5) is 10.2 Å². The molecule has 0 radical (unpaired) electrons. The Labute approximate surface area is 198 Å². The van der Waals surface area contributed by atoms with E-state index in [1.165, 1.54) is 38.6 Å². The SMILES string of the molecule is COc1cc(-c2cc(OC)c(-c3ccc(N4CCC(C)(NC5CCC5)C4)nn3)cc2F)cnn1. The first-order valence-electron chi connectivity index (χ1n) is 11.6. The molecule has 0 spiro atoms. The van der Waals surface area contributed by atoms with Crippen molar-refractivity contribution in [3.05, 3.63) is 42.3 Å². The fourth-order valence-electron chi connectivity index (χ4n) is 4.70. The third-order valence-corrected chi connectivity index (χ3v) is 6.82. The lowest BCUT2D eigenvalue weighted by molar-refractivity contribution is 0.253. The number of anilines is 1. The molecule has 1 saturated heterocycles. The minimum Gasteiger partial charge on any atom is -0.496 e. The lowest BCUT2D eigenvalue weighted by Crippen LogP contribution is -2.52. The van der Waals surface area contributed by atoms with Crippen molar-refractivity contribution >= 4 is 5.82 Å². The third kappa shape index (κ3) is 4.40. The molecule has 5 rings (SSSR count). The average molecular weight is 465 g/mol. The van der Waals surface area contributed by atoms with E-state index in [-0.39, 0.29) is 5.54 Å². The first-order chi connectivity index (χ1) is 16.5. The van der Waals surface area contributed by atoms with E-state index in [1.807, 2.05) is 12.1 Å². The van der Waals surface area contributed by atoms with Gasteiger partial charge in [-0.15, -0.1) is 15.3 Å². The van der Waals surface area contributed by atoms with E-state index < -0.39 is 5.82 Å². The van der Waals surface area contributed by atoms with Crippen molar-refractivity contribution in [2.75, 3.05) is 32.2 Å². The van der Waals surface area contributed by atoms with Crippen molar-refractivity contribution in [3.63, 3.8) is 0 Å². The highest BCUT2D eigenvalue weighted by Gasteiger charge is 2.37. The standard InChI is InChI=1S/C25H29FN6O2/c1-25(28-17-5-4-6-17)9-10-32(15-25)23-8-7-21(29-30-23)19-12-20(26)18(13-22(19)33-2)16-11-24(34-3)31-27-14-16/h7-8,11-14,17,28H,4-6,9-10,15H2,1-3H3. The number of halogens is 1. The maximum Gasteiger partial charge on any atom is 0.233 e. The van der Waals surface area contributed by atoms with E-state index >= 15 is 4.39 Å². The summed E-state index contributed by atoms with van der Waals surface area (Å²) in [5.74, 6) is 1.21. The van der Waals surface area contributed by atoms with Crippen molar-refractivity contribution in [1.82, 2.24) is 25.7 Å². The second-order valence-electron chi connectivity index (χ2n) is 9.30. The summed E-state index contributed by atoms with van der Waals surface area (Å²) in [6.45, 7) is 4.12. The second-order valence-corrected chi connectivity index (χ2v) is 9.30. The molecule has 1 saturated carbocycles. The predicted octanol–water partition coefficient (Wildman–Crippen LogP) is 3.87. The largest absolute Gasteiger partial charge is 0.496 e. The molecule has 9 heteroatoms. The van der Waals surface area contributed by atoms with Crippen LogP contribution in [0.25, 0.3) is 22.4 Å². The van der Waals surface area contributed by atoms with Crippen LogP contribution in [-0.2, 0) is 0 Å². The molecule has 8 nitrogen and oxygen atoms in total. The highest BCUT2D eigenvalue weighted by atomic mass is 19.1. The van der Waals surface area contributed by atoms with Gasteiger partial charge in [0.15, 0.2) is 5.82 Å². The van der Waals surface area contributed by atoms with E-state index in [4.69, 9.17) is 9.47 Å². The lowest BCUT2D eigenvalue weighted by atomic mass is 9.89. The molecule has 2 aliphatic rings. The van der Waals surface area contributed by atoms with Gasteiger partial charge in [-0.3, -0.25) is 0 Å². The van der Waals surface area contributed by atoms with Crippen molar-refractivity contribution in [2.24, 2.45) is 0 Å². The first kappa shape index (κ1) is 22.5. The van der Waals surface area contributed by atoms with Gasteiger partial charge >= 0.3 is 0 Å². The van der Waals surface area contributed by atoms with Gasteiger partial charge in [0, 0.05) is 47.4 Å². The van der Waals surface area contributed by atoms with Gasteiger partial charge < -0.3 is 19.7 Å². The topological polar surface area (TPSA) is 85.3 Å². The number of hydrogen-bond acceptors (Lipinski definition) is 8. The smallest absolute Gasteiger partial charge is 0.233 e. The molecule has 3 heterocycles. The summed E-state index contributed by atoms with van der Waals surface area (Å²) in [6, 6.07) is 9.14. The van der Waals surface area contributed by atoms with Gasteiger partial charge in [-0.25, -0.2) is 4.39 Å². The average Bonchev–Trinajstić information content (AvgIpc) is 3.23. The van der Waals surface area contributed by atoms with Crippen LogP contribution in [0, 0.1) is 5.82 Å². The normalized spacial score (nSPS) is 20.3. The zero-order chi connectivity index (χ0) is 23.7. The summed E-state index contributed by atoms with van der Waals surface area (Å²) in [5, 5.41) is 20.4. The Bertz CT molecular complexity index is 1170. The Morgan fingerprint density at radius 3 is 2.59 bits per heavy atom. The Morgan fingerprint density at radius 1 is 1.06 bits per heavy atom. The van der Waals surface area contributed by atoms with Gasteiger partial charge in [0.05, 0.1) is 26.1 Å². The Kier molecular flexibility index (Phi) is 6.03. The summed E-state index contributed by atoms with van der Waals surface area (Å²) < 4.78 is 25.8. The quantitative estimate of drug-likeness (QED) is 0.564. The molecule has 2 aromatic heterocycles. The van der Waals surface area contributed by atoms with Crippen LogP contribution in [-0.4, -0.2) is 59.3 Å². The first-order valence-corrected chi connectivity index (χ1v) is 11.6. The number of methoxy groups -OCH3 is 2. The van der Waals surface area contributed by atoms with Crippen LogP contribution in [0.2, 0.25) is 0 Å². The lowest BCUT2D eigenvalue weighted by Gasteiger charge is -2.36. The fourth-order valence-corrected chi connectivity index (χ4v) is 4.70. The van der Waals surface area contributed by atoms with Gasteiger partial charge in [-0.1, -0.05) is 6.42 Å². The van der Waals surface area contributed by atoms with E-state index in [9.17, 15) is 0 Å². The van der Waals surface area contributed by atoms with Crippen molar-refractivity contribution in [1.29, 1.82) is 0 Å². The van der Waals surface area contributed by atoms with E-state index in [0.717, 1.165) is 25.3 Å². The Balaban J connectivity index is 1.37. The van der Waals surface area contributed by atoms with Gasteiger partial charge in [0.2, 0.25) is 5.88 Å². The van der Waals surface area contributed by atoms with Crippen LogP contribution in [0.5, 0.6) is 11.6 Å². The van der Waals surface area contributed by atoms with E-state index in [2.05, 4.69) is 37.5 Å². The molecule has 0 bridgehead atoms. The number of aromatic nitrogens is 4. The molecular formula is C25H29FN6O2. The maximum absolute atomic E-state index is 15.1. The summed E-state index contributed by atoms with van der Waals surface area (Å²) in [7, 11) is 3.04. The molecule has 1 aromatic carbocycles. The summed E-state index contributed by atoms with van der Waals surface area (Å²) in [5.41, 5.74) is 2.07. The van der Waals surface area contributed by atoms with Gasteiger partial charge in [-0.2, -0.15) is 5.10 Å². The zero-order valence-electron chi connectivity index (χ0n) is 19.7. The maximum atomic E-state index is 15.1. The summed E-state index contributed by atoms with van der Waals surface area (Å²) in [6.07, 6.45) is 6.42. The fraction of sp³-hybridized carbons (Fsp3) is 0.440. The van der Waals surface area contributed by atoms with Gasteiger partial charge in [0.1, 0.15) is 11.6 Å². The van der Waals surface area contributed by atoms with Crippen LogP contribution in [0.15, 0.2) is 36.5 Å².